The molecule has 0 amide bonds. The Hall–Kier alpha value is -1.70. The van der Waals surface area contributed by atoms with Gasteiger partial charge in [-0.1, -0.05) is 31.6 Å². The van der Waals surface area contributed by atoms with Crippen LogP contribution < -0.4 is 0 Å². The Bertz CT molecular complexity index is 803. The third-order valence-corrected chi connectivity index (χ3v) is 7.62. The highest BCUT2D eigenvalue weighted by molar-refractivity contribution is 5.88. The molecular formula is C22H30O7. The van der Waals surface area contributed by atoms with Crippen LogP contribution in [0.5, 0.6) is 0 Å². The molecule has 9 atom stereocenters. The van der Waals surface area contributed by atoms with E-state index < -0.39 is 58.9 Å². The quantitative estimate of drug-likeness (QED) is 0.388. The molecule has 160 valence electrons. The van der Waals surface area contributed by atoms with Gasteiger partial charge in [0.2, 0.25) is 0 Å². The molecule has 1 spiro atoms. The molecule has 29 heavy (non-hydrogen) atoms. The number of hydrogen-bond donors (Lipinski definition) is 2. The number of ether oxygens (including phenoxy) is 3. The van der Waals surface area contributed by atoms with Crippen LogP contribution in [-0.4, -0.2) is 57.8 Å². The second-order valence-corrected chi connectivity index (χ2v) is 9.45. The summed E-state index contributed by atoms with van der Waals surface area (Å²) in [7, 11) is 0. The molecular weight excluding hydrogens is 376 g/mol. The van der Waals surface area contributed by atoms with E-state index in [-0.39, 0.29) is 5.92 Å². The van der Waals surface area contributed by atoms with Crippen molar-refractivity contribution in [3.05, 3.63) is 23.8 Å². The molecule has 7 nitrogen and oxygen atoms in total. The summed E-state index contributed by atoms with van der Waals surface area (Å²) >= 11 is 0. The number of epoxide rings is 1. The van der Waals surface area contributed by atoms with Gasteiger partial charge >= 0.3 is 11.9 Å². The predicted molar refractivity (Wildman–Crippen MR) is 103 cm³/mol. The second kappa shape index (κ2) is 6.40. The molecule has 2 N–H and O–H groups in total. The first kappa shape index (κ1) is 20.6. The topological polar surface area (TPSA) is 106 Å². The molecule has 2 heterocycles. The average Bonchev–Trinajstić information content (AvgIpc) is 3.23. The van der Waals surface area contributed by atoms with Crippen LogP contribution in [0.15, 0.2) is 23.8 Å². The van der Waals surface area contributed by atoms with E-state index in [4.69, 9.17) is 14.2 Å². The van der Waals surface area contributed by atoms with Gasteiger partial charge in [-0.2, -0.15) is 0 Å². The average molecular weight is 406 g/mol. The van der Waals surface area contributed by atoms with E-state index in [1.54, 1.807) is 13.0 Å². The van der Waals surface area contributed by atoms with Crippen LogP contribution in [0.2, 0.25) is 0 Å². The lowest BCUT2D eigenvalue weighted by Gasteiger charge is -2.50. The third-order valence-electron chi connectivity index (χ3n) is 7.62. The zero-order valence-electron chi connectivity index (χ0n) is 17.5. The van der Waals surface area contributed by atoms with Crippen molar-refractivity contribution in [3.63, 3.8) is 0 Å². The summed E-state index contributed by atoms with van der Waals surface area (Å²) in [6, 6.07) is 0. The molecule has 2 aliphatic carbocycles. The number of fused-ring (bicyclic) bond motifs is 1. The number of aliphatic hydroxyl groups is 2. The van der Waals surface area contributed by atoms with Crippen LogP contribution in [-0.2, 0) is 23.8 Å². The van der Waals surface area contributed by atoms with Gasteiger partial charge < -0.3 is 24.4 Å². The number of carbonyl (C=O) groups excluding carboxylic acids is 2. The molecule has 2 fully saturated rings. The minimum atomic E-state index is -1.23. The van der Waals surface area contributed by atoms with Crippen LogP contribution in [0.25, 0.3) is 0 Å². The number of aliphatic hydroxyl groups excluding tert-OH is 2. The smallest absolute Gasteiger partial charge is 0.342 e. The lowest BCUT2D eigenvalue weighted by atomic mass is 9.57. The summed E-state index contributed by atoms with van der Waals surface area (Å²) in [5, 5.41) is 22.2. The summed E-state index contributed by atoms with van der Waals surface area (Å²) < 4.78 is 17.3. The van der Waals surface area contributed by atoms with Crippen molar-refractivity contribution in [2.75, 3.05) is 0 Å². The van der Waals surface area contributed by atoms with Crippen molar-refractivity contribution in [2.45, 2.75) is 83.1 Å². The van der Waals surface area contributed by atoms with Gasteiger partial charge in [0, 0.05) is 18.3 Å². The Labute approximate surface area is 170 Å². The molecule has 2 aliphatic heterocycles. The van der Waals surface area contributed by atoms with Crippen molar-refractivity contribution in [1.29, 1.82) is 0 Å². The maximum Gasteiger partial charge on any atom is 0.342 e. The lowest BCUT2D eigenvalue weighted by molar-refractivity contribution is -0.168. The van der Waals surface area contributed by atoms with Crippen molar-refractivity contribution < 1.29 is 34.0 Å². The van der Waals surface area contributed by atoms with Gasteiger partial charge in [-0.3, -0.25) is 4.79 Å². The minimum absolute atomic E-state index is 0.346. The zero-order chi connectivity index (χ0) is 21.4. The molecule has 0 saturated carbocycles. The van der Waals surface area contributed by atoms with Gasteiger partial charge in [0.05, 0.1) is 12.2 Å². The fraction of sp³-hybridized carbons (Fsp3) is 0.727. The predicted octanol–water partition coefficient (Wildman–Crippen LogP) is 1.66. The van der Waals surface area contributed by atoms with Crippen LogP contribution in [0.3, 0.4) is 0 Å². The van der Waals surface area contributed by atoms with Gasteiger partial charge in [-0.05, 0) is 38.7 Å². The van der Waals surface area contributed by atoms with E-state index in [2.05, 4.69) is 0 Å². The summed E-state index contributed by atoms with van der Waals surface area (Å²) in [4.78, 5) is 24.4. The Balaban J connectivity index is 1.87. The van der Waals surface area contributed by atoms with Crippen LogP contribution in [0.1, 0.15) is 47.5 Å². The van der Waals surface area contributed by atoms with Crippen molar-refractivity contribution in [2.24, 2.45) is 17.3 Å². The highest BCUT2D eigenvalue weighted by Gasteiger charge is 2.85. The highest BCUT2D eigenvalue weighted by atomic mass is 16.7. The minimum Gasteiger partial charge on any atom is -0.462 e. The number of carbonyl (C=O) groups is 2. The van der Waals surface area contributed by atoms with Crippen molar-refractivity contribution in [3.8, 4) is 0 Å². The number of esters is 2. The lowest BCUT2D eigenvalue weighted by Crippen LogP contribution is -2.58. The van der Waals surface area contributed by atoms with E-state index in [0.29, 0.717) is 12.8 Å². The standard InChI is InChI=1S/C22H30O7/c1-11-6-7-15(27-13(3)23)20(4)9-8-14(24)12(2)17(20)18(25)22-16(10-11)28-19(26)21(22,5)29-22/h8-10,12,14-18,24-25H,6-7H2,1-5H3. The van der Waals surface area contributed by atoms with Crippen LogP contribution in [0, 0.1) is 17.3 Å². The zero-order valence-corrected chi connectivity index (χ0v) is 17.5. The fourth-order valence-electron chi connectivity index (χ4n) is 5.81. The molecule has 0 radical (unpaired) electrons. The Morgan fingerprint density at radius 2 is 2.00 bits per heavy atom. The highest BCUT2D eigenvalue weighted by Crippen LogP contribution is 2.64. The normalized spacial score (nSPS) is 51.1. The molecule has 9 unspecified atom stereocenters. The molecule has 0 aromatic carbocycles. The Morgan fingerprint density at radius 3 is 2.62 bits per heavy atom. The van der Waals surface area contributed by atoms with E-state index >= 15 is 0 Å². The van der Waals surface area contributed by atoms with E-state index in [0.717, 1.165) is 5.57 Å². The molecule has 0 aromatic rings. The molecule has 7 heteroatoms. The largest absolute Gasteiger partial charge is 0.462 e. The SMILES string of the molecule is CC(=O)OC1CCC(C)=CC2OC(=O)C3(C)OC23C(O)C2C(C)C(O)C=CC12C. The monoisotopic (exact) mass is 406 g/mol. The molecule has 4 rings (SSSR count). The molecule has 0 aromatic heterocycles. The maximum absolute atomic E-state index is 12.5. The first-order chi connectivity index (χ1) is 13.5. The number of hydrogen-bond acceptors (Lipinski definition) is 7. The van der Waals surface area contributed by atoms with Crippen molar-refractivity contribution >= 4 is 11.9 Å². The summed E-state index contributed by atoms with van der Waals surface area (Å²) in [6.07, 6.45) is 3.53. The van der Waals surface area contributed by atoms with E-state index in [1.807, 2.05) is 32.9 Å². The van der Waals surface area contributed by atoms with Gasteiger partial charge in [0.1, 0.15) is 6.10 Å². The van der Waals surface area contributed by atoms with Crippen LogP contribution >= 0.6 is 0 Å². The Kier molecular flexibility index (Phi) is 4.54. The first-order valence-electron chi connectivity index (χ1n) is 10.3. The van der Waals surface area contributed by atoms with Gasteiger partial charge in [-0.25, -0.2) is 4.79 Å². The fourth-order valence-corrected chi connectivity index (χ4v) is 5.81. The maximum atomic E-state index is 12.5. The third kappa shape index (κ3) is 2.67. The first-order valence-corrected chi connectivity index (χ1v) is 10.3. The molecule has 0 bridgehead atoms. The van der Waals surface area contributed by atoms with E-state index in [9.17, 15) is 19.8 Å². The molecule has 4 aliphatic rings. The van der Waals surface area contributed by atoms with Crippen molar-refractivity contribution in [1.82, 2.24) is 0 Å². The number of rotatable bonds is 1. The summed E-state index contributed by atoms with van der Waals surface area (Å²) in [5.41, 5.74) is -2.22. The molecule has 2 saturated heterocycles. The van der Waals surface area contributed by atoms with Gasteiger partial charge in [0.15, 0.2) is 17.3 Å². The summed E-state index contributed by atoms with van der Waals surface area (Å²) in [5.74, 6) is -1.74. The van der Waals surface area contributed by atoms with Gasteiger partial charge in [-0.15, -0.1) is 0 Å². The second-order valence-electron chi connectivity index (χ2n) is 9.45. The number of allylic oxidation sites excluding steroid dienone is 1. The Morgan fingerprint density at radius 1 is 1.31 bits per heavy atom. The van der Waals surface area contributed by atoms with E-state index in [1.165, 1.54) is 6.92 Å². The van der Waals surface area contributed by atoms with Crippen LogP contribution in [0.4, 0.5) is 0 Å². The van der Waals surface area contributed by atoms with Gasteiger partial charge in [0.25, 0.3) is 0 Å². The summed E-state index contributed by atoms with van der Waals surface area (Å²) in [6.45, 7) is 8.76.